The highest BCUT2D eigenvalue weighted by Crippen LogP contribution is 2.31. The average molecular weight is 185 g/mol. The third-order valence-corrected chi connectivity index (χ3v) is 2.50. The second kappa shape index (κ2) is 3.44. The van der Waals surface area contributed by atoms with Gasteiger partial charge in [-0.15, -0.1) is 11.6 Å². The molecule has 2 heteroatoms. The quantitative estimate of drug-likeness (QED) is 0.604. The minimum Gasteiger partial charge on any atom is -0.299 e. The largest absolute Gasteiger partial charge is 0.299 e. The van der Waals surface area contributed by atoms with Gasteiger partial charge in [-0.1, -0.05) is 31.2 Å². The van der Waals surface area contributed by atoms with Crippen LogP contribution in [0.25, 0.3) is 0 Å². The van der Waals surface area contributed by atoms with Gasteiger partial charge in [0, 0.05) is 6.42 Å². The number of carbonyl (C=O) groups is 1. The fourth-order valence-corrected chi connectivity index (χ4v) is 1.62. The van der Waals surface area contributed by atoms with E-state index in [2.05, 4.69) is 0 Å². The van der Waals surface area contributed by atoms with E-state index in [1.807, 2.05) is 38.2 Å². The van der Waals surface area contributed by atoms with E-state index in [1.54, 1.807) is 0 Å². The summed E-state index contributed by atoms with van der Waals surface area (Å²) in [6.07, 6.45) is 8.05. The van der Waals surface area contributed by atoms with Crippen molar-refractivity contribution in [3.63, 3.8) is 0 Å². The summed E-state index contributed by atoms with van der Waals surface area (Å²) in [5.74, 6) is 0.0438. The lowest BCUT2D eigenvalue weighted by atomic mass is 9.85. The first-order chi connectivity index (χ1) is 5.58. The predicted octanol–water partition coefficient (Wildman–Crippen LogP) is 2.71. The third kappa shape index (κ3) is 1.78. The molecule has 0 radical (unpaired) electrons. The van der Waals surface area contributed by atoms with Crippen molar-refractivity contribution >= 4 is 17.4 Å². The summed E-state index contributed by atoms with van der Waals surface area (Å²) in [6.45, 7) is 3.73. The zero-order valence-electron chi connectivity index (χ0n) is 7.38. The van der Waals surface area contributed by atoms with Crippen molar-refractivity contribution in [2.75, 3.05) is 0 Å². The smallest absolute Gasteiger partial charge is 0.141 e. The van der Waals surface area contributed by atoms with Crippen LogP contribution in [0, 0.1) is 5.92 Å². The average Bonchev–Trinajstić information content (AvgIpc) is 2.02. The maximum absolute atomic E-state index is 11.4. The molecule has 0 amide bonds. The van der Waals surface area contributed by atoms with Crippen molar-refractivity contribution < 1.29 is 4.79 Å². The number of Topliss-reactive ketones (excluding diaryl/α,β-unsaturated/α-hetero) is 1. The summed E-state index contributed by atoms with van der Waals surface area (Å²) in [5, 5.41) is 0. The number of hydrogen-bond donors (Lipinski definition) is 0. The van der Waals surface area contributed by atoms with Gasteiger partial charge in [-0.05, 0) is 6.92 Å². The van der Waals surface area contributed by atoms with Gasteiger partial charge in [-0.2, -0.15) is 0 Å². The van der Waals surface area contributed by atoms with Crippen molar-refractivity contribution in [3.8, 4) is 0 Å². The normalized spacial score (nSPS) is 33.8. The molecule has 0 aromatic carbocycles. The first-order valence-corrected chi connectivity index (χ1v) is 4.53. The molecular weight excluding hydrogens is 172 g/mol. The lowest BCUT2D eigenvalue weighted by Crippen LogP contribution is -2.32. The van der Waals surface area contributed by atoms with Gasteiger partial charge in [0.05, 0.1) is 10.8 Å². The molecule has 0 aromatic heterocycles. The second-order valence-electron chi connectivity index (χ2n) is 3.19. The predicted molar refractivity (Wildman–Crippen MR) is 51.3 cm³/mol. The van der Waals surface area contributed by atoms with E-state index in [-0.39, 0.29) is 11.7 Å². The lowest BCUT2D eigenvalue weighted by molar-refractivity contribution is -0.121. The first-order valence-electron chi connectivity index (χ1n) is 4.15. The number of halogens is 1. The molecule has 0 spiro atoms. The third-order valence-electron chi connectivity index (χ3n) is 2.14. The number of alkyl halides is 1. The van der Waals surface area contributed by atoms with Crippen molar-refractivity contribution in [2.24, 2.45) is 5.92 Å². The molecule has 0 N–H and O–H groups in total. The van der Waals surface area contributed by atoms with E-state index in [9.17, 15) is 4.79 Å². The Hall–Kier alpha value is -0.560. The van der Waals surface area contributed by atoms with Crippen LogP contribution in [-0.2, 0) is 4.79 Å². The molecule has 0 bridgehead atoms. The fraction of sp³-hybridized carbons (Fsp3) is 0.500. The van der Waals surface area contributed by atoms with Crippen molar-refractivity contribution in [2.45, 2.75) is 25.1 Å². The maximum Gasteiger partial charge on any atom is 0.141 e. The Kier molecular flexibility index (Phi) is 2.73. The van der Waals surface area contributed by atoms with Crippen LogP contribution in [0.4, 0.5) is 0 Å². The molecule has 1 aliphatic rings. The van der Waals surface area contributed by atoms with Crippen LogP contribution in [0.3, 0.4) is 0 Å². The van der Waals surface area contributed by atoms with Gasteiger partial charge in [0.1, 0.15) is 5.78 Å². The van der Waals surface area contributed by atoms with Gasteiger partial charge in [0.2, 0.25) is 0 Å². The highest BCUT2D eigenvalue weighted by molar-refractivity contribution is 6.27. The molecule has 2 atom stereocenters. The molecular formula is C10H13ClO. The van der Waals surface area contributed by atoms with Gasteiger partial charge in [0.15, 0.2) is 0 Å². The topological polar surface area (TPSA) is 17.1 Å². The summed E-state index contributed by atoms with van der Waals surface area (Å²) >= 11 is 6.15. The Morgan fingerprint density at radius 3 is 2.75 bits per heavy atom. The number of hydrogen-bond acceptors (Lipinski definition) is 1. The summed E-state index contributed by atoms with van der Waals surface area (Å²) in [7, 11) is 0. The van der Waals surface area contributed by atoms with E-state index >= 15 is 0 Å². The molecule has 0 fully saturated rings. The van der Waals surface area contributed by atoms with Crippen molar-refractivity contribution in [1.82, 2.24) is 0 Å². The Bertz CT molecular complexity index is 238. The fourth-order valence-electron chi connectivity index (χ4n) is 1.35. The van der Waals surface area contributed by atoms with Crippen LogP contribution in [0.15, 0.2) is 24.3 Å². The summed E-state index contributed by atoms with van der Waals surface area (Å²) < 4.78 is 0. The monoisotopic (exact) mass is 184 g/mol. The van der Waals surface area contributed by atoms with Crippen molar-refractivity contribution in [1.29, 1.82) is 0 Å². The number of carbonyl (C=O) groups excluding carboxylic acids is 1. The Morgan fingerprint density at radius 1 is 1.58 bits per heavy atom. The van der Waals surface area contributed by atoms with E-state index < -0.39 is 4.87 Å². The van der Waals surface area contributed by atoms with E-state index in [0.29, 0.717) is 6.42 Å². The number of rotatable bonds is 2. The Labute approximate surface area is 78.1 Å². The van der Waals surface area contributed by atoms with Crippen molar-refractivity contribution in [3.05, 3.63) is 24.3 Å². The SMILES string of the molecule is CCC(=O)C1C=CC=CC1(C)Cl. The van der Waals surface area contributed by atoms with Gasteiger partial charge < -0.3 is 0 Å². The molecule has 0 aromatic rings. The highest BCUT2D eigenvalue weighted by atomic mass is 35.5. The molecule has 0 saturated carbocycles. The van der Waals surface area contributed by atoms with Crippen LogP contribution >= 0.6 is 11.6 Å². The maximum atomic E-state index is 11.4. The van der Waals surface area contributed by atoms with E-state index in [0.717, 1.165) is 0 Å². The number of allylic oxidation sites excluding steroid dienone is 4. The summed E-state index contributed by atoms with van der Waals surface area (Å²) in [6, 6.07) is 0. The highest BCUT2D eigenvalue weighted by Gasteiger charge is 2.33. The summed E-state index contributed by atoms with van der Waals surface area (Å²) in [4.78, 5) is 10.9. The molecule has 1 aliphatic carbocycles. The zero-order valence-corrected chi connectivity index (χ0v) is 8.14. The first kappa shape index (κ1) is 9.53. The summed E-state index contributed by atoms with van der Waals surface area (Å²) in [5.41, 5.74) is 0. The molecule has 12 heavy (non-hydrogen) atoms. The van der Waals surface area contributed by atoms with E-state index in [1.165, 1.54) is 0 Å². The van der Waals surface area contributed by atoms with Crippen LogP contribution in [0.5, 0.6) is 0 Å². The minimum absolute atomic E-state index is 0.158. The molecule has 2 unspecified atom stereocenters. The van der Waals surface area contributed by atoms with Crippen LogP contribution in [-0.4, -0.2) is 10.7 Å². The number of ketones is 1. The molecule has 0 saturated heterocycles. The van der Waals surface area contributed by atoms with Crippen LogP contribution < -0.4 is 0 Å². The van der Waals surface area contributed by atoms with Crippen LogP contribution in [0.2, 0.25) is 0 Å². The van der Waals surface area contributed by atoms with E-state index in [4.69, 9.17) is 11.6 Å². The van der Waals surface area contributed by atoms with Gasteiger partial charge in [-0.3, -0.25) is 4.79 Å². The molecule has 0 heterocycles. The molecule has 0 aliphatic heterocycles. The Balaban J connectivity index is 2.84. The standard InChI is InChI=1S/C10H13ClO/c1-3-9(12)8-6-4-5-7-10(8,2)11/h4-8H,3H2,1-2H3. The van der Waals surface area contributed by atoms with Crippen LogP contribution in [0.1, 0.15) is 20.3 Å². The lowest BCUT2D eigenvalue weighted by Gasteiger charge is -2.27. The second-order valence-corrected chi connectivity index (χ2v) is 4.01. The minimum atomic E-state index is -0.526. The Morgan fingerprint density at radius 2 is 2.25 bits per heavy atom. The zero-order chi connectivity index (χ0) is 9.19. The molecule has 1 nitrogen and oxygen atoms in total. The molecule has 1 rings (SSSR count). The molecule has 66 valence electrons. The van der Waals surface area contributed by atoms with Gasteiger partial charge >= 0.3 is 0 Å². The van der Waals surface area contributed by atoms with Gasteiger partial charge in [0.25, 0.3) is 0 Å². The van der Waals surface area contributed by atoms with Gasteiger partial charge in [-0.25, -0.2) is 0 Å².